The zero-order chi connectivity index (χ0) is 24.6. The van der Waals surface area contributed by atoms with Crippen molar-refractivity contribution in [2.45, 2.75) is 32.0 Å². The van der Waals surface area contributed by atoms with Crippen molar-refractivity contribution in [3.8, 4) is 5.69 Å². The lowest BCUT2D eigenvalue weighted by molar-refractivity contribution is -0.136. The summed E-state index contributed by atoms with van der Waals surface area (Å²) in [7, 11) is 0. The standard InChI is InChI=1S/C26H27N7O3/c34-24-10-9-23(25(35)27-24)32-17-21-20(26(32)36)7-4-8-22(21)33-16-18(28-29-33)15-30-11-13-31(14-12-30)19-5-2-1-3-6-19/h1-8,16,23H,9-15,17H2,(H,27,34,35). The molecule has 0 aliphatic carbocycles. The smallest absolute Gasteiger partial charge is 0.255 e. The molecule has 10 heteroatoms. The Kier molecular flexibility index (Phi) is 5.73. The first-order chi connectivity index (χ1) is 17.6. The lowest BCUT2D eigenvalue weighted by Gasteiger charge is -2.35. The van der Waals surface area contributed by atoms with Gasteiger partial charge in [0.1, 0.15) is 6.04 Å². The highest BCUT2D eigenvalue weighted by atomic mass is 16.2. The highest BCUT2D eigenvalue weighted by molar-refractivity contribution is 6.05. The van der Waals surface area contributed by atoms with Gasteiger partial charge in [0.25, 0.3) is 5.91 Å². The first kappa shape index (κ1) is 22.4. The Balaban J connectivity index is 1.14. The maximum absolute atomic E-state index is 13.1. The van der Waals surface area contributed by atoms with Crippen molar-refractivity contribution < 1.29 is 14.4 Å². The largest absolute Gasteiger partial charge is 0.369 e. The van der Waals surface area contributed by atoms with Crippen molar-refractivity contribution >= 4 is 23.4 Å². The topological polar surface area (TPSA) is 104 Å². The molecule has 0 spiro atoms. The second-order valence-electron chi connectivity index (χ2n) is 9.46. The molecule has 184 valence electrons. The molecule has 2 saturated heterocycles. The van der Waals surface area contributed by atoms with Gasteiger partial charge >= 0.3 is 0 Å². The lowest BCUT2D eigenvalue weighted by atomic mass is 10.0. The van der Waals surface area contributed by atoms with E-state index in [4.69, 9.17) is 0 Å². The maximum atomic E-state index is 13.1. The van der Waals surface area contributed by atoms with E-state index in [1.807, 2.05) is 24.4 Å². The van der Waals surface area contributed by atoms with E-state index in [9.17, 15) is 14.4 Å². The molecule has 3 aliphatic heterocycles. The van der Waals surface area contributed by atoms with Gasteiger partial charge < -0.3 is 9.80 Å². The average Bonchev–Trinajstić information content (AvgIpc) is 3.49. The number of benzene rings is 2. The third kappa shape index (κ3) is 4.13. The van der Waals surface area contributed by atoms with Gasteiger partial charge in [-0.2, -0.15) is 0 Å². The number of carbonyl (C=O) groups excluding carboxylic acids is 3. The Labute approximate surface area is 208 Å². The first-order valence-corrected chi connectivity index (χ1v) is 12.3. The van der Waals surface area contributed by atoms with Crippen LogP contribution in [0.1, 0.15) is 34.5 Å². The van der Waals surface area contributed by atoms with Crippen molar-refractivity contribution in [2.75, 3.05) is 31.1 Å². The number of piperidine rings is 1. The molecule has 4 heterocycles. The zero-order valence-electron chi connectivity index (χ0n) is 19.8. The van der Waals surface area contributed by atoms with E-state index in [1.54, 1.807) is 15.6 Å². The zero-order valence-corrected chi connectivity index (χ0v) is 19.8. The van der Waals surface area contributed by atoms with Crippen molar-refractivity contribution in [3.63, 3.8) is 0 Å². The van der Waals surface area contributed by atoms with Crippen LogP contribution in [-0.2, 0) is 22.7 Å². The first-order valence-electron chi connectivity index (χ1n) is 12.3. The monoisotopic (exact) mass is 485 g/mol. The van der Waals surface area contributed by atoms with E-state index in [0.29, 0.717) is 25.1 Å². The number of hydrogen-bond donors (Lipinski definition) is 1. The van der Waals surface area contributed by atoms with E-state index in [1.165, 1.54) is 5.69 Å². The fourth-order valence-electron chi connectivity index (χ4n) is 5.30. The number of anilines is 1. The minimum absolute atomic E-state index is 0.196. The number of para-hydroxylation sites is 1. The third-order valence-corrected chi connectivity index (χ3v) is 7.22. The van der Waals surface area contributed by atoms with Crippen LogP contribution >= 0.6 is 0 Å². The molecule has 0 bridgehead atoms. The summed E-state index contributed by atoms with van der Waals surface area (Å²) >= 11 is 0. The van der Waals surface area contributed by atoms with Crippen molar-refractivity contribution in [1.82, 2.24) is 30.1 Å². The summed E-state index contributed by atoms with van der Waals surface area (Å²) < 4.78 is 1.72. The van der Waals surface area contributed by atoms with E-state index < -0.39 is 11.9 Å². The minimum atomic E-state index is -0.642. The van der Waals surface area contributed by atoms with Crippen LogP contribution in [0.25, 0.3) is 5.69 Å². The number of carbonyl (C=O) groups is 3. The Bertz CT molecular complexity index is 1310. The quantitative estimate of drug-likeness (QED) is 0.544. The highest BCUT2D eigenvalue weighted by Gasteiger charge is 2.40. The number of nitrogens with one attached hydrogen (secondary N) is 1. The number of imide groups is 1. The molecule has 1 aromatic heterocycles. The molecule has 0 radical (unpaired) electrons. The predicted molar refractivity (Wildman–Crippen MR) is 131 cm³/mol. The molecule has 2 aromatic carbocycles. The van der Waals surface area contributed by atoms with Crippen LogP contribution in [0.2, 0.25) is 0 Å². The van der Waals surface area contributed by atoms with Crippen molar-refractivity contribution in [1.29, 1.82) is 0 Å². The van der Waals surface area contributed by atoms with Gasteiger partial charge in [-0.3, -0.25) is 24.6 Å². The fraction of sp³-hybridized carbons (Fsp3) is 0.346. The molecule has 1 atom stereocenters. The minimum Gasteiger partial charge on any atom is -0.369 e. The van der Waals surface area contributed by atoms with Crippen LogP contribution in [0.15, 0.2) is 54.7 Å². The number of piperazine rings is 1. The molecule has 0 saturated carbocycles. The molecule has 6 rings (SSSR count). The van der Waals surface area contributed by atoms with Gasteiger partial charge in [0.2, 0.25) is 11.8 Å². The Morgan fingerprint density at radius 1 is 0.944 bits per heavy atom. The molecule has 3 amide bonds. The molecule has 36 heavy (non-hydrogen) atoms. The molecule has 1 N–H and O–H groups in total. The summed E-state index contributed by atoms with van der Waals surface area (Å²) in [6, 6.07) is 15.3. The molecule has 10 nitrogen and oxygen atoms in total. The van der Waals surface area contributed by atoms with Gasteiger partial charge in [0.05, 0.1) is 17.6 Å². The Morgan fingerprint density at radius 3 is 2.53 bits per heavy atom. The van der Waals surface area contributed by atoms with Crippen LogP contribution in [-0.4, -0.2) is 74.7 Å². The second kappa shape index (κ2) is 9.19. The third-order valence-electron chi connectivity index (χ3n) is 7.22. The molecule has 1 unspecified atom stereocenters. The van der Waals surface area contributed by atoms with Crippen LogP contribution in [0.4, 0.5) is 5.69 Å². The van der Waals surface area contributed by atoms with Crippen LogP contribution < -0.4 is 10.2 Å². The van der Waals surface area contributed by atoms with Gasteiger partial charge in [-0.1, -0.05) is 29.5 Å². The van der Waals surface area contributed by atoms with Gasteiger partial charge in [-0.05, 0) is 30.7 Å². The van der Waals surface area contributed by atoms with Gasteiger partial charge in [0, 0.05) is 62.5 Å². The molecule has 3 aliphatic rings. The summed E-state index contributed by atoms with van der Waals surface area (Å²) in [5, 5.41) is 11.1. The number of amides is 3. The molecular formula is C26H27N7O3. The van der Waals surface area contributed by atoms with Gasteiger partial charge in [-0.15, -0.1) is 5.10 Å². The van der Waals surface area contributed by atoms with E-state index in [2.05, 4.69) is 49.7 Å². The summed E-state index contributed by atoms with van der Waals surface area (Å²) in [4.78, 5) is 43.3. The van der Waals surface area contributed by atoms with Crippen molar-refractivity contribution in [2.24, 2.45) is 0 Å². The molecule has 2 fully saturated rings. The number of fused-ring (bicyclic) bond motifs is 1. The van der Waals surface area contributed by atoms with Crippen molar-refractivity contribution in [3.05, 3.63) is 71.5 Å². The SMILES string of the molecule is O=C1CCC(N2Cc3c(cccc3-n3cc(CN4CCN(c5ccccc5)CC4)nn3)C2=O)C(=O)N1. The summed E-state index contributed by atoms with van der Waals surface area (Å²) in [5.74, 6) is -0.903. The molecular weight excluding hydrogens is 458 g/mol. The summed E-state index contributed by atoms with van der Waals surface area (Å²) in [6.45, 7) is 4.81. The van der Waals surface area contributed by atoms with Gasteiger partial charge in [-0.25, -0.2) is 4.68 Å². The lowest BCUT2D eigenvalue weighted by Crippen LogP contribution is -2.52. The number of rotatable bonds is 5. The fourth-order valence-corrected chi connectivity index (χ4v) is 5.30. The normalized spacial score (nSPS) is 20.6. The van der Waals surface area contributed by atoms with Crippen LogP contribution in [0, 0.1) is 0 Å². The van der Waals surface area contributed by atoms with E-state index in [0.717, 1.165) is 43.1 Å². The number of nitrogens with zero attached hydrogens (tertiary/aromatic N) is 6. The second-order valence-corrected chi connectivity index (χ2v) is 9.46. The average molecular weight is 486 g/mol. The maximum Gasteiger partial charge on any atom is 0.255 e. The van der Waals surface area contributed by atoms with Crippen LogP contribution in [0.3, 0.4) is 0 Å². The summed E-state index contributed by atoms with van der Waals surface area (Å²) in [5.41, 5.74) is 4.28. The van der Waals surface area contributed by atoms with E-state index >= 15 is 0 Å². The van der Waals surface area contributed by atoms with E-state index in [-0.39, 0.29) is 18.2 Å². The Morgan fingerprint density at radius 2 is 1.75 bits per heavy atom. The van der Waals surface area contributed by atoms with Crippen LogP contribution in [0.5, 0.6) is 0 Å². The molecule has 3 aromatic rings. The number of hydrogen-bond acceptors (Lipinski definition) is 7. The summed E-state index contributed by atoms with van der Waals surface area (Å²) in [6.07, 6.45) is 2.48. The highest BCUT2D eigenvalue weighted by Crippen LogP contribution is 2.31. The predicted octanol–water partition coefficient (Wildman–Crippen LogP) is 1.35. The van der Waals surface area contributed by atoms with Gasteiger partial charge in [0.15, 0.2) is 0 Å². The number of aromatic nitrogens is 3. The Hall–Kier alpha value is -4.05.